The second-order valence-electron chi connectivity index (χ2n) is 11.7. The van der Waals surface area contributed by atoms with E-state index in [1.165, 1.54) is 13.0 Å². The monoisotopic (exact) mass is 638 g/mol. The third kappa shape index (κ3) is 5.57. The van der Waals surface area contributed by atoms with Gasteiger partial charge in [0.1, 0.15) is 12.1 Å². The maximum atomic E-state index is 13.8. The summed E-state index contributed by atoms with van der Waals surface area (Å²) in [5, 5.41) is 6.90. The summed E-state index contributed by atoms with van der Waals surface area (Å²) in [6, 6.07) is 3.11. The number of likely N-dealkylation sites (tertiary alicyclic amines) is 1. The Morgan fingerprint density at radius 3 is 2.59 bits per heavy atom. The van der Waals surface area contributed by atoms with Crippen LogP contribution in [0.25, 0.3) is 5.78 Å². The number of halogens is 4. The first-order valence-corrected chi connectivity index (χ1v) is 14.0. The predicted molar refractivity (Wildman–Crippen MR) is 147 cm³/mol. The van der Waals surface area contributed by atoms with Gasteiger partial charge in [0.2, 0.25) is 16.4 Å². The third-order valence-corrected chi connectivity index (χ3v) is 7.89. The van der Waals surface area contributed by atoms with Crippen LogP contribution in [-0.2, 0) is 34.1 Å². The topological polar surface area (TPSA) is 111 Å². The Labute approximate surface area is 242 Å². The average Bonchev–Trinajstić information content (AvgIpc) is 3.42. The summed E-state index contributed by atoms with van der Waals surface area (Å²) < 4.78 is 47.8. The molecule has 2 aromatic heterocycles. The van der Waals surface area contributed by atoms with Crippen molar-refractivity contribution in [1.82, 2.24) is 24.1 Å². The molecule has 0 bridgehead atoms. The van der Waals surface area contributed by atoms with Gasteiger partial charge in [-0.1, -0.05) is 0 Å². The van der Waals surface area contributed by atoms with Crippen LogP contribution < -0.4 is 10.9 Å². The van der Waals surface area contributed by atoms with Gasteiger partial charge in [-0.2, -0.15) is 22.7 Å². The molecule has 5 rings (SSSR count). The number of fused-ring (bicyclic) bond motifs is 3. The van der Waals surface area contributed by atoms with Crippen LogP contribution in [0.15, 0.2) is 27.7 Å². The highest BCUT2D eigenvalue weighted by molar-refractivity contribution is 9.10. The predicted octanol–water partition coefficient (Wildman–Crippen LogP) is 4.83. The van der Waals surface area contributed by atoms with Gasteiger partial charge in [0.15, 0.2) is 0 Å². The molecule has 1 atom stereocenters. The molecule has 1 unspecified atom stereocenters. The van der Waals surface area contributed by atoms with Gasteiger partial charge in [-0.15, -0.1) is 5.10 Å². The van der Waals surface area contributed by atoms with E-state index in [9.17, 15) is 27.6 Å². The number of anilines is 1. The number of aromatic nitrogens is 4. The van der Waals surface area contributed by atoms with Crippen LogP contribution >= 0.6 is 15.9 Å². The number of nitrogens with one attached hydrogen (secondary N) is 1. The Kier molecular flexibility index (Phi) is 7.19. The van der Waals surface area contributed by atoms with E-state index >= 15 is 0 Å². The van der Waals surface area contributed by atoms with Crippen LogP contribution in [0.4, 0.5) is 23.7 Å². The van der Waals surface area contributed by atoms with Crippen molar-refractivity contribution in [1.29, 1.82) is 0 Å². The SMILES string of the molecule is Cc1cc(C(F)(F)F)ccc1NC(=O)Cn1c2c(c(=O)n3nc(Br)nc13)C1(CCCN(C(=O)OC(C)(C)C)C1)CC2. The van der Waals surface area contributed by atoms with Crippen LogP contribution in [-0.4, -0.2) is 54.8 Å². The number of carbonyl (C=O) groups is 2. The summed E-state index contributed by atoms with van der Waals surface area (Å²) >= 11 is 3.22. The summed E-state index contributed by atoms with van der Waals surface area (Å²) in [6.07, 6.45) is -2.53. The molecule has 2 aliphatic rings. The highest BCUT2D eigenvalue weighted by Gasteiger charge is 2.47. The molecule has 3 aromatic rings. The molecule has 3 heterocycles. The molecule has 0 saturated carbocycles. The molecule has 1 spiro atoms. The minimum atomic E-state index is -4.50. The lowest BCUT2D eigenvalue weighted by atomic mass is 9.76. The number of piperidine rings is 1. The van der Waals surface area contributed by atoms with Gasteiger partial charge < -0.3 is 19.5 Å². The van der Waals surface area contributed by atoms with Crippen molar-refractivity contribution < 1.29 is 27.5 Å². The fourth-order valence-electron chi connectivity index (χ4n) is 5.85. The molecular formula is C27H30BrF3N6O4. The molecule has 1 fully saturated rings. The van der Waals surface area contributed by atoms with Crippen molar-refractivity contribution in [2.45, 2.75) is 77.1 Å². The molecule has 2 amide bonds. The van der Waals surface area contributed by atoms with Gasteiger partial charge in [-0.3, -0.25) is 9.59 Å². The first-order chi connectivity index (χ1) is 19.1. The van der Waals surface area contributed by atoms with E-state index in [0.717, 1.165) is 16.6 Å². The second-order valence-corrected chi connectivity index (χ2v) is 12.4. The first kappa shape index (κ1) is 29.1. The number of carbonyl (C=O) groups excluding carboxylic acids is 2. The highest BCUT2D eigenvalue weighted by Crippen LogP contribution is 2.44. The Morgan fingerprint density at radius 1 is 1.20 bits per heavy atom. The zero-order chi connectivity index (χ0) is 29.9. The second kappa shape index (κ2) is 10.1. The quantitative estimate of drug-likeness (QED) is 0.440. The molecule has 1 aliphatic heterocycles. The van der Waals surface area contributed by atoms with E-state index < -0.39 is 34.8 Å². The number of hydrogen-bond donors (Lipinski definition) is 1. The lowest BCUT2D eigenvalue weighted by Gasteiger charge is -2.41. The minimum absolute atomic E-state index is 0.164. The Balaban J connectivity index is 1.50. The molecule has 220 valence electrons. The lowest BCUT2D eigenvalue weighted by molar-refractivity contribution is -0.137. The molecule has 1 saturated heterocycles. The largest absolute Gasteiger partial charge is 0.444 e. The molecule has 41 heavy (non-hydrogen) atoms. The number of aryl methyl sites for hydroxylation is 1. The first-order valence-electron chi connectivity index (χ1n) is 13.2. The molecular weight excluding hydrogens is 609 g/mol. The van der Waals surface area contributed by atoms with Gasteiger partial charge >= 0.3 is 12.3 Å². The number of alkyl halides is 3. The number of hydrogen-bond acceptors (Lipinski definition) is 6. The summed E-state index contributed by atoms with van der Waals surface area (Å²) in [7, 11) is 0. The molecule has 14 heteroatoms. The van der Waals surface area contributed by atoms with Crippen molar-refractivity contribution in [3.05, 3.63) is 55.7 Å². The Bertz CT molecular complexity index is 1610. The molecule has 0 radical (unpaired) electrons. The van der Waals surface area contributed by atoms with Crippen LogP contribution in [0, 0.1) is 6.92 Å². The van der Waals surface area contributed by atoms with Crippen molar-refractivity contribution in [3.63, 3.8) is 0 Å². The fourth-order valence-corrected chi connectivity index (χ4v) is 6.17. The van der Waals surface area contributed by atoms with Crippen molar-refractivity contribution in [2.24, 2.45) is 0 Å². The average molecular weight is 639 g/mol. The maximum Gasteiger partial charge on any atom is 0.416 e. The lowest BCUT2D eigenvalue weighted by Crippen LogP contribution is -2.51. The van der Waals surface area contributed by atoms with Gasteiger partial charge in [-0.05, 0) is 93.1 Å². The van der Waals surface area contributed by atoms with Gasteiger partial charge in [0, 0.05) is 35.4 Å². The standard InChI is InChI=1S/C27H30BrF3N6O4/c1-15-12-16(27(29,30)31)6-7-17(15)32-19(38)13-36-18-8-10-26(20(18)21(39)37-23(36)33-22(28)34-37)9-5-11-35(14-26)24(40)41-25(2,3)4/h6-7,12H,5,8-11,13-14H2,1-4H3,(H,32,38). The zero-order valence-corrected chi connectivity index (χ0v) is 24.6. The van der Waals surface area contributed by atoms with E-state index in [1.54, 1.807) is 30.2 Å². The highest BCUT2D eigenvalue weighted by atomic mass is 79.9. The van der Waals surface area contributed by atoms with Crippen LogP contribution in [0.1, 0.15) is 62.4 Å². The van der Waals surface area contributed by atoms with Crippen molar-refractivity contribution >= 4 is 39.4 Å². The fraction of sp³-hybridized carbons (Fsp3) is 0.519. The summed E-state index contributed by atoms with van der Waals surface area (Å²) in [4.78, 5) is 45.9. The maximum absolute atomic E-state index is 13.8. The number of rotatable bonds is 3. The number of amides is 2. The van der Waals surface area contributed by atoms with E-state index in [-0.39, 0.29) is 33.9 Å². The third-order valence-electron chi connectivity index (χ3n) is 7.56. The van der Waals surface area contributed by atoms with E-state index in [4.69, 9.17) is 4.74 Å². The number of ether oxygens (including phenoxy) is 1. The van der Waals surface area contributed by atoms with Gasteiger partial charge in [-0.25, -0.2) is 4.79 Å². The minimum Gasteiger partial charge on any atom is -0.444 e. The van der Waals surface area contributed by atoms with E-state index in [2.05, 4.69) is 31.3 Å². The smallest absolute Gasteiger partial charge is 0.416 e. The van der Waals surface area contributed by atoms with Crippen molar-refractivity contribution in [2.75, 3.05) is 18.4 Å². The summed E-state index contributed by atoms with van der Waals surface area (Å²) in [5.41, 5.74) is -0.836. The molecule has 10 nitrogen and oxygen atoms in total. The summed E-state index contributed by atoms with van der Waals surface area (Å²) in [6.45, 7) is 7.43. The normalized spacial score (nSPS) is 19.1. The Morgan fingerprint density at radius 2 is 1.93 bits per heavy atom. The van der Waals surface area contributed by atoms with Gasteiger partial charge in [0.05, 0.1) is 5.56 Å². The van der Waals surface area contributed by atoms with Crippen LogP contribution in [0.2, 0.25) is 0 Å². The molecule has 1 N–H and O–H groups in total. The van der Waals surface area contributed by atoms with E-state index in [1.807, 2.05) is 0 Å². The zero-order valence-electron chi connectivity index (χ0n) is 23.1. The number of benzene rings is 1. The van der Waals surface area contributed by atoms with Crippen molar-refractivity contribution in [3.8, 4) is 0 Å². The van der Waals surface area contributed by atoms with Crippen LogP contribution in [0.5, 0.6) is 0 Å². The summed E-state index contributed by atoms with van der Waals surface area (Å²) in [5.74, 6) is -0.337. The number of nitrogens with zero attached hydrogens (tertiary/aromatic N) is 5. The molecule has 1 aromatic carbocycles. The van der Waals surface area contributed by atoms with Crippen LogP contribution in [0.3, 0.4) is 0 Å². The van der Waals surface area contributed by atoms with E-state index in [0.29, 0.717) is 50.0 Å². The Hall–Kier alpha value is -3.42. The molecule has 1 aliphatic carbocycles. The van der Waals surface area contributed by atoms with Gasteiger partial charge in [0.25, 0.3) is 5.56 Å².